The van der Waals surface area contributed by atoms with Crippen molar-refractivity contribution in [2.75, 3.05) is 19.7 Å². The summed E-state index contributed by atoms with van der Waals surface area (Å²) in [7, 11) is 0. The van der Waals surface area contributed by atoms with Crippen molar-refractivity contribution >= 4 is 5.91 Å². The molecule has 1 saturated heterocycles. The van der Waals surface area contributed by atoms with Crippen LogP contribution in [0.2, 0.25) is 0 Å². The Morgan fingerprint density at radius 2 is 2.00 bits per heavy atom. The molecule has 1 spiro atoms. The van der Waals surface area contributed by atoms with E-state index in [2.05, 4.69) is 19.1 Å². The number of hydrogen-bond acceptors (Lipinski definition) is 3. The minimum absolute atomic E-state index is 0.113. The van der Waals surface area contributed by atoms with E-state index in [1.807, 2.05) is 30.0 Å². The van der Waals surface area contributed by atoms with Crippen LogP contribution in [-0.4, -0.2) is 47.8 Å². The van der Waals surface area contributed by atoms with Gasteiger partial charge in [-0.1, -0.05) is 37.3 Å². The fraction of sp³-hybridized carbons (Fsp3) is 0.650. The van der Waals surface area contributed by atoms with Crippen LogP contribution in [0.5, 0.6) is 0 Å². The third-order valence-corrected chi connectivity index (χ3v) is 6.01. The summed E-state index contributed by atoms with van der Waals surface area (Å²) in [6.45, 7) is 6.28. The lowest BCUT2D eigenvalue weighted by Crippen LogP contribution is -2.62. The highest BCUT2D eigenvalue weighted by atomic mass is 16.5. The minimum atomic E-state index is -0.269. The first-order valence-electron chi connectivity index (χ1n) is 9.19. The number of piperidine rings is 1. The zero-order chi connectivity index (χ0) is 17.2. The first-order valence-corrected chi connectivity index (χ1v) is 9.19. The average molecular weight is 331 g/mol. The number of likely N-dealkylation sites (tertiary alicyclic amines) is 1. The molecule has 3 atom stereocenters. The highest BCUT2D eigenvalue weighted by Gasteiger charge is 2.56. The van der Waals surface area contributed by atoms with E-state index in [0.29, 0.717) is 13.0 Å². The number of carbonyl (C=O) groups excluding carboxylic acids is 1. The molecule has 3 rings (SSSR count). The number of amides is 1. The van der Waals surface area contributed by atoms with Gasteiger partial charge in [0.05, 0.1) is 12.2 Å². The summed E-state index contributed by atoms with van der Waals surface area (Å²) in [5, 5.41) is 10.3. The van der Waals surface area contributed by atoms with E-state index in [1.165, 1.54) is 5.56 Å². The Morgan fingerprint density at radius 3 is 2.58 bits per heavy atom. The van der Waals surface area contributed by atoms with Gasteiger partial charge in [-0.2, -0.15) is 0 Å². The third kappa shape index (κ3) is 3.22. The molecule has 1 amide bonds. The maximum atomic E-state index is 12.6. The van der Waals surface area contributed by atoms with E-state index in [4.69, 9.17) is 4.74 Å². The van der Waals surface area contributed by atoms with Crippen molar-refractivity contribution < 1.29 is 14.6 Å². The molecule has 4 nitrogen and oxygen atoms in total. The monoisotopic (exact) mass is 331 g/mol. The SMILES string of the molecule is CCOC1CC(O)C12CCN(C(=O)CC(C)c1ccccc1)CC2. The van der Waals surface area contributed by atoms with E-state index in [9.17, 15) is 9.90 Å². The maximum absolute atomic E-state index is 12.6. The molecule has 1 aromatic rings. The standard InChI is InChI=1S/C20H29NO3/c1-3-24-18-14-17(22)20(18)9-11-21(12-10-20)19(23)13-15(2)16-7-5-4-6-8-16/h4-8,15,17-18,22H,3,9-14H2,1-2H3. The van der Waals surface area contributed by atoms with Crippen molar-refractivity contribution in [1.82, 2.24) is 4.90 Å². The number of nitrogens with zero attached hydrogens (tertiary/aromatic N) is 1. The molecule has 0 bridgehead atoms. The minimum Gasteiger partial charge on any atom is -0.392 e. The number of carbonyl (C=O) groups is 1. The Hall–Kier alpha value is -1.39. The van der Waals surface area contributed by atoms with Gasteiger partial charge >= 0.3 is 0 Å². The Kier molecular flexibility index (Phi) is 5.26. The lowest BCUT2D eigenvalue weighted by Gasteiger charge is -2.56. The second-order valence-electron chi connectivity index (χ2n) is 7.33. The van der Waals surface area contributed by atoms with Gasteiger partial charge in [0.2, 0.25) is 5.91 Å². The van der Waals surface area contributed by atoms with Crippen molar-refractivity contribution in [2.45, 2.75) is 57.7 Å². The predicted octanol–water partition coefficient (Wildman–Crippen LogP) is 2.96. The molecule has 1 aliphatic heterocycles. The molecule has 2 aliphatic rings. The smallest absolute Gasteiger partial charge is 0.223 e. The molecule has 0 aromatic heterocycles. The number of aliphatic hydroxyl groups excluding tert-OH is 1. The van der Waals surface area contributed by atoms with Crippen LogP contribution in [0.4, 0.5) is 0 Å². The van der Waals surface area contributed by atoms with Crippen LogP contribution in [0.3, 0.4) is 0 Å². The van der Waals surface area contributed by atoms with Gasteiger partial charge < -0.3 is 14.7 Å². The van der Waals surface area contributed by atoms with Crippen LogP contribution in [0.25, 0.3) is 0 Å². The first-order chi connectivity index (χ1) is 11.6. The molecule has 1 N–H and O–H groups in total. The van der Waals surface area contributed by atoms with Gasteiger partial charge in [-0.3, -0.25) is 4.79 Å². The zero-order valence-corrected chi connectivity index (χ0v) is 14.8. The van der Waals surface area contributed by atoms with Crippen LogP contribution in [-0.2, 0) is 9.53 Å². The quantitative estimate of drug-likeness (QED) is 0.902. The Morgan fingerprint density at radius 1 is 1.33 bits per heavy atom. The Balaban J connectivity index is 1.54. The van der Waals surface area contributed by atoms with Crippen LogP contribution < -0.4 is 0 Å². The van der Waals surface area contributed by atoms with Gasteiger partial charge in [-0.15, -0.1) is 0 Å². The zero-order valence-electron chi connectivity index (χ0n) is 14.8. The fourth-order valence-corrected chi connectivity index (χ4v) is 4.28. The normalized spacial score (nSPS) is 26.9. The van der Waals surface area contributed by atoms with Gasteiger partial charge in [0.15, 0.2) is 0 Å². The van der Waals surface area contributed by atoms with Crippen molar-refractivity contribution in [2.24, 2.45) is 5.41 Å². The van der Waals surface area contributed by atoms with Crippen molar-refractivity contribution in [3.05, 3.63) is 35.9 Å². The second-order valence-corrected chi connectivity index (χ2v) is 7.33. The molecule has 1 heterocycles. The van der Waals surface area contributed by atoms with Crippen molar-refractivity contribution in [1.29, 1.82) is 0 Å². The fourth-order valence-electron chi connectivity index (χ4n) is 4.28. The molecule has 2 fully saturated rings. The molecule has 1 saturated carbocycles. The van der Waals surface area contributed by atoms with Gasteiger partial charge in [-0.25, -0.2) is 0 Å². The van der Waals surface area contributed by atoms with E-state index < -0.39 is 0 Å². The topological polar surface area (TPSA) is 49.8 Å². The number of benzene rings is 1. The average Bonchev–Trinajstić information content (AvgIpc) is 2.62. The number of aliphatic hydroxyl groups is 1. The predicted molar refractivity (Wildman–Crippen MR) is 93.8 cm³/mol. The van der Waals surface area contributed by atoms with Gasteiger partial charge in [-0.05, 0) is 31.2 Å². The molecule has 4 heteroatoms. The van der Waals surface area contributed by atoms with Crippen molar-refractivity contribution in [3.8, 4) is 0 Å². The van der Waals surface area contributed by atoms with Crippen LogP contribution >= 0.6 is 0 Å². The Labute approximate surface area is 144 Å². The summed E-state index contributed by atoms with van der Waals surface area (Å²) in [5.41, 5.74) is 1.10. The summed E-state index contributed by atoms with van der Waals surface area (Å²) in [6.07, 6.45) is 2.89. The van der Waals surface area contributed by atoms with Crippen LogP contribution in [0.1, 0.15) is 51.0 Å². The Bertz CT molecular complexity index is 549. The molecule has 0 radical (unpaired) electrons. The highest BCUT2D eigenvalue weighted by Crippen LogP contribution is 2.51. The summed E-state index contributed by atoms with van der Waals surface area (Å²) < 4.78 is 5.80. The molecule has 132 valence electrons. The molecule has 1 aromatic carbocycles. The van der Waals surface area contributed by atoms with Gasteiger partial charge in [0.1, 0.15) is 0 Å². The van der Waals surface area contributed by atoms with E-state index in [0.717, 1.165) is 32.4 Å². The van der Waals surface area contributed by atoms with E-state index in [-0.39, 0.29) is 29.4 Å². The second kappa shape index (κ2) is 7.24. The third-order valence-electron chi connectivity index (χ3n) is 6.01. The summed E-state index contributed by atoms with van der Waals surface area (Å²) in [4.78, 5) is 14.6. The van der Waals surface area contributed by atoms with Gasteiger partial charge in [0.25, 0.3) is 0 Å². The molecule has 3 unspecified atom stereocenters. The number of rotatable bonds is 5. The van der Waals surface area contributed by atoms with Crippen LogP contribution in [0, 0.1) is 5.41 Å². The first kappa shape index (κ1) is 17.4. The summed E-state index contributed by atoms with van der Waals surface area (Å²) in [5.74, 6) is 0.461. The highest BCUT2D eigenvalue weighted by molar-refractivity contribution is 5.77. The summed E-state index contributed by atoms with van der Waals surface area (Å²) in [6, 6.07) is 10.2. The molecule has 1 aliphatic carbocycles. The largest absolute Gasteiger partial charge is 0.392 e. The number of hydrogen-bond donors (Lipinski definition) is 1. The lowest BCUT2D eigenvalue weighted by molar-refractivity contribution is -0.210. The molecule has 24 heavy (non-hydrogen) atoms. The van der Waals surface area contributed by atoms with E-state index in [1.54, 1.807) is 0 Å². The summed E-state index contributed by atoms with van der Waals surface area (Å²) >= 11 is 0. The lowest BCUT2D eigenvalue weighted by atomic mass is 9.58. The molecular formula is C20H29NO3. The maximum Gasteiger partial charge on any atom is 0.223 e. The van der Waals surface area contributed by atoms with Crippen LogP contribution in [0.15, 0.2) is 30.3 Å². The number of ether oxygens (including phenoxy) is 1. The van der Waals surface area contributed by atoms with Gasteiger partial charge in [0, 0.05) is 38.0 Å². The van der Waals surface area contributed by atoms with Crippen molar-refractivity contribution in [3.63, 3.8) is 0 Å². The van der Waals surface area contributed by atoms with E-state index >= 15 is 0 Å². The molecular weight excluding hydrogens is 302 g/mol.